The molecule has 7 aromatic rings. The number of hydrogen-bond acceptors (Lipinski definition) is 4. The van der Waals surface area contributed by atoms with Gasteiger partial charge in [-0.2, -0.15) is 0 Å². The Hall–Kier alpha value is -7.54. The smallest absolute Gasteiger partial charge is 0.0633 e. The molecular weight excluding hydrogens is 847 g/mol. The van der Waals surface area contributed by atoms with Crippen LogP contribution in [0.3, 0.4) is 0 Å². The molecule has 0 saturated heterocycles. The van der Waals surface area contributed by atoms with E-state index < -0.39 is 0 Å². The van der Waals surface area contributed by atoms with E-state index in [1.54, 1.807) is 0 Å². The molecule has 0 bridgehead atoms. The van der Waals surface area contributed by atoms with Crippen molar-refractivity contribution in [2.45, 2.75) is 44.7 Å². The summed E-state index contributed by atoms with van der Waals surface area (Å²) < 4.78 is 5.08. The zero-order valence-electron chi connectivity index (χ0n) is 37.9. The summed E-state index contributed by atoms with van der Waals surface area (Å²) in [5, 5.41) is 16.1. The molecule has 3 unspecified atom stereocenters. The molecule has 68 heavy (non-hydrogen) atoms. The molecule has 1 N–H and O–H groups in total. The van der Waals surface area contributed by atoms with Gasteiger partial charge < -0.3 is 20.2 Å². The molecule has 330 valence electrons. The highest BCUT2D eigenvalue weighted by atomic mass is 32.1. The highest BCUT2D eigenvalue weighted by Gasteiger charge is 2.29. The fourth-order valence-electron chi connectivity index (χ4n) is 11.1. The van der Waals surface area contributed by atoms with Gasteiger partial charge in [0.2, 0.25) is 0 Å². The van der Waals surface area contributed by atoms with Gasteiger partial charge in [-0.15, -0.1) is 11.3 Å². The van der Waals surface area contributed by atoms with Crippen molar-refractivity contribution >= 4 is 77.5 Å². The Morgan fingerprint density at radius 2 is 1.47 bits per heavy atom. The van der Waals surface area contributed by atoms with Crippen molar-refractivity contribution in [3.63, 3.8) is 0 Å². The van der Waals surface area contributed by atoms with Crippen molar-refractivity contribution in [2.75, 3.05) is 6.54 Å². The lowest BCUT2D eigenvalue weighted by Gasteiger charge is -2.38. The van der Waals surface area contributed by atoms with E-state index >= 15 is 0 Å². The van der Waals surface area contributed by atoms with Crippen LogP contribution < -0.4 is 15.9 Å². The minimum Gasteiger partial charge on any atom is -0.441 e. The number of fused-ring (bicyclic) bond motifs is 7. The van der Waals surface area contributed by atoms with Crippen LogP contribution >= 0.6 is 11.3 Å². The van der Waals surface area contributed by atoms with E-state index in [0.29, 0.717) is 12.4 Å². The maximum atomic E-state index is 5.53. The Morgan fingerprint density at radius 3 is 2.28 bits per heavy atom. The molecule has 0 saturated carbocycles. The van der Waals surface area contributed by atoms with Crippen LogP contribution in [0.15, 0.2) is 214 Å². The third-order valence-corrected chi connectivity index (χ3v) is 15.5. The normalized spacial score (nSPS) is 21.1. The molecule has 2 aliphatic heterocycles. The van der Waals surface area contributed by atoms with E-state index in [1.165, 1.54) is 75.2 Å². The van der Waals surface area contributed by atoms with Crippen LogP contribution in [-0.2, 0) is 0 Å². The van der Waals surface area contributed by atoms with Crippen LogP contribution in [0, 0.1) is 11.8 Å². The van der Waals surface area contributed by atoms with Gasteiger partial charge in [0.15, 0.2) is 0 Å². The van der Waals surface area contributed by atoms with E-state index in [1.807, 2.05) is 11.3 Å². The quantitative estimate of drug-likeness (QED) is 0.162. The predicted octanol–water partition coefficient (Wildman–Crippen LogP) is 13.6. The van der Waals surface area contributed by atoms with Gasteiger partial charge in [0.1, 0.15) is 0 Å². The summed E-state index contributed by atoms with van der Waals surface area (Å²) in [6.07, 6.45) is 33.8. The summed E-state index contributed by atoms with van der Waals surface area (Å²) in [6.45, 7) is 0.675. The van der Waals surface area contributed by atoms with Crippen LogP contribution in [0.1, 0.15) is 55.2 Å². The molecular formula is C62H50N5S-. The number of hydrogen-bond donors (Lipinski definition) is 1. The maximum absolute atomic E-state index is 5.53. The fourth-order valence-corrected chi connectivity index (χ4v) is 12.2. The third-order valence-electron chi connectivity index (χ3n) is 14.4. The molecule has 0 radical (unpaired) electrons. The Labute approximate surface area is 401 Å². The topological polar surface area (TPSA) is 55.8 Å². The number of para-hydroxylation sites is 1. The van der Waals surface area contributed by atoms with Crippen LogP contribution in [-0.4, -0.2) is 28.9 Å². The van der Waals surface area contributed by atoms with Gasteiger partial charge in [-0.05, 0) is 125 Å². The molecule has 6 heteroatoms. The number of aliphatic imine (C=N–C) groups is 2. The zero-order chi connectivity index (χ0) is 45.0. The minimum atomic E-state index is -0.319. The van der Waals surface area contributed by atoms with E-state index in [4.69, 9.17) is 15.3 Å². The maximum Gasteiger partial charge on any atom is 0.0633 e. The average molecular weight is 897 g/mol. The minimum absolute atomic E-state index is 0.124. The molecule has 0 spiro atoms. The number of allylic oxidation sites excluding steroid dienone is 10. The number of amidine groups is 2. The van der Waals surface area contributed by atoms with E-state index in [-0.39, 0.29) is 18.0 Å². The van der Waals surface area contributed by atoms with Gasteiger partial charge in [0.25, 0.3) is 0 Å². The first-order valence-electron chi connectivity index (χ1n) is 24.3. The highest BCUT2D eigenvalue weighted by molar-refractivity contribution is 7.26. The van der Waals surface area contributed by atoms with Crippen molar-refractivity contribution in [2.24, 2.45) is 21.8 Å². The number of nitrogens with zero attached hydrogens (tertiary/aromatic N) is 4. The largest absolute Gasteiger partial charge is 0.441 e. The summed E-state index contributed by atoms with van der Waals surface area (Å²) in [4.78, 5) is 10.7. The second kappa shape index (κ2) is 17.3. The number of dihydropyridines is 1. The Balaban J connectivity index is 1.04. The van der Waals surface area contributed by atoms with Crippen LogP contribution in [0.25, 0.3) is 65.5 Å². The number of thiophene rings is 1. The van der Waals surface area contributed by atoms with Crippen LogP contribution in [0.4, 0.5) is 0 Å². The number of rotatable bonds is 8. The SMILES string of the molecule is C1=CCC(C2N=C(c3ccccc3)N=C(C3=C(c4ccc5sc6ccc7c8c(n(-c9ccccc9)c7c6c5c4)=CCCC=8)NCC(C4=CC(c5ccccc5)=CCC4C4=CCCC=C4)=C3)[N-]2)C=C1. The summed E-state index contributed by atoms with van der Waals surface area (Å²) in [5.74, 6) is 1.80. The molecule has 3 atom stereocenters. The van der Waals surface area contributed by atoms with Crippen molar-refractivity contribution in [1.29, 1.82) is 0 Å². The second-order valence-corrected chi connectivity index (χ2v) is 19.6. The van der Waals surface area contributed by atoms with Crippen molar-refractivity contribution in [1.82, 2.24) is 9.88 Å². The molecule has 4 aliphatic carbocycles. The van der Waals surface area contributed by atoms with E-state index in [0.717, 1.165) is 66.8 Å². The highest BCUT2D eigenvalue weighted by Crippen LogP contribution is 2.44. The van der Waals surface area contributed by atoms with Crippen molar-refractivity contribution in [3.8, 4) is 5.69 Å². The lowest BCUT2D eigenvalue weighted by atomic mass is 9.76. The van der Waals surface area contributed by atoms with Crippen LogP contribution in [0.2, 0.25) is 0 Å². The molecule has 4 heterocycles. The predicted molar refractivity (Wildman–Crippen MR) is 288 cm³/mol. The first-order chi connectivity index (χ1) is 33.7. The molecule has 5 nitrogen and oxygen atoms in total. The molecule has 2 aromatic heterocycles. The molecule has 6 aliphatic rings. The average Bonchev–Trinajstić information content (AvgIpc) is 3.97. The lowest BCUT2D eigenvalue weighted by Crippen LogP contribution is -2.31. The van der Waals surface area contributed by atoms with E-state index in [2.05, 4.69) is 204 Å². The van der Waals surface area contributed by atoms with Gasteiger partial charge in [-0.1, -0.05) is 158 Å². The lowest BCUT2D eigenvalue weighted by molar-refractivity contribution is 0.570. The standard InChI is InChI=1S/C62H50N5S/c1-6-18-40(19-7-1)44-30-32-48(41-20-8-2-9-21-41)51(36-44)46-38-53(62-65-60(42-22-10-3-11-23-42)64-61(66-62)43-24-12-4-13-25-43)58(63-39-46)45-31-34-55-52(37-45)57-56(68-55)35-33-50-49-28-16-17-29-54(49)67(59(50)57)47-26-14-5-15-27-47/h1,3-8,10-15,18-24,26-31,33-38,43,48,61,63H,2,9,16-17,25,32,39H2/q-1. The summed E-state index contributed by atoms with van der Waals surface area (Å²) in [5.41, 5.74) is 13.1. The molecule has 13 rings (SSSR count). The van der Waals surface area contributed by atoms with Gasteiger partial charge in [0.05, 0.1) is 17.5 Å². The Kier molecular flexibility index (Phi) is 10.3. The van der Waals surface area contributed by atoms with Crippen molar-refractivity contribution in [3.05, 3.63) is 237 Å². The fraction of sp³-hybridized carbons (Fsp3) is 0.161. The summed E-state index contributed by atoms with van der Waals surface area (Å²) in [6, 6.07) is 43.9. The van der Waals surface area contributed by atoms with Crippen molar-refractivity contribution < 1.29 is 0 Å². The number of aromatic nitrogens is 1. The number of benzene rings is 5. The monoisotopic (exact) mass is 896 g/mol. The van der Waals surface area contributed by atoms with Crippen LogP contribution in [0.5, 0.6) is 0 Å². The van der Waals surface area contributed by atoms with Gasteiger partial charge in [-0.3, -0.25) is 4.99 Å². The first kappa shape index (κ1) is 40.7. The summed E-state index contributed by atoms with van der Waals surface area (Å²) >= 11 is 1.88. The van der Waals surface area contributed by atoms with Gasteiger partial charge in [-0.25, -0.2) is 0 Å². The Bertz CT molecular complexity index is 3640. The Morgan fingerprint density at radius 1 is 0.676 bits per heavy atom. The second-order valence-electron chi connectivity index (χ2n) is 18.5. The zero-order valence-corrected chi connectivity index (χ0v) is 38.7. The third kappa shape index (κ3) is 7.22. The molecule has 5 aromatic carbocycles. The molecule has 0 amide bonds. The van der Waals surface area contributed by atoms with Gasteiger partial charge in [0, 0.05) is 65.9 Å². The number of nitrogens with one attached hydrogen (secondary N) is 1. The van der Waals surface area contributed by atoms with E-state index in [9.17, 15) is 0 Å². The molecule has 0 fully saturated rings. The van der Waals surface area contributed by atoms with Gasteiger partial charge >= 0.3 is 0 Å². The summed E-state index contributed by atoms with van der Waals surface area (Å²) in [7, 11) is 0. The first-order valence-corrected chi connectivity index (χ1v) is 25.1.